The van der Waals surface area contributed by atoms with Gasteiger partial charge in [-0.2, -0.15) is 4.37 Å². The molecule has 0 N–H and O–H groups in total. The largest absolute Gasteiger partial charge is 0.465 e. The van der Waals surface area contributed by atoms with Gasteiger partial charge in [0.25, 0.3) is 11.8 Å². The molecule has 0 saturated carbocycles. The van der Waals surface area contributed by atoms with Crippen molar-refractivity contribution in [2.45, 2.75) is 6.92 Å². The molecule has 2 heterocycles. The number of rotatable bonds is 5. The first-order valence-electron chi connectivity index (χ1n) is 8.49. The average Bonchev–Trinajstić information content (AvgIpc) is 3.15. The Hall–Kier alpha value is -2.75. The summed E-state index contributed by atoms with van der Waals surface area (Å²) in [6.07, 6.45) is -0.367. The Morgan fingerprint density at radius 3 is 2.63 bits per heavy atom. The van der Waals surface area contributed by atoms with E-state index in [0.717, 1.165) is 11.7 Å². The molecule has 1 aromatic heterocycles. The van der Waals surface area contributed by atoms with Crippen LogP contribution in [0.1, 0.15) is 6.92 Å². The summed E-state index contributed by atoms with van der Waals surface area (Å²) in [7, 11) is 0. The first kappa shape index (κ1) is 19.0. The highest BCUT2D eigenvalue weighted by atomic mass is 32.1. The normalized spacial score (nSPS) is 14.1. The van der Waals surface area contributed by atoms with Crippen molar-refractivity contribution in [1.29, 1.82) is 0 Å². The number of carbonyl (C=O) groups is 2. The number of piperazine rings is 1. The molecule has 144 valence electrons. The van der Waals surface area contributed by atoms with Crippen LogP contribution >= 0.6 is 11.7 Å². The van der Waals surface area contributed by atoms with Crippen LogP contribution in [-0.4, -0.2) is 69.9 Å². The lowest BCUT2D eigenvalue weighted by atomic mass is 10.1. The predicted octanol–water partition coefficient (Wildman–Crippen LogP) is 2.02. The number of halogens is 1. The van der Waals surface area contributed by atoms with Crippen molar-refractivity contribution in [2.24, 2.45) is 0 Å². The molecule has 1 saturated heterocycles. The maximum atomic E-state index is 13.4. The SMILES string of the molecule is CCOC(=O)N1CCN(C(=O)COc2nsnc2-c2cccc(F)c2)CC1. The lowest BCUT2D eigenvalue weighted by molar-refractivity contribution is -0.135. The predicted molar refractivity (Wildman–Crippen MR) is 96.0 cm³/mol. The second-order valence-corrected chi connectivity index (χ2v) is 6.31. The Balaban J connectivity index is 1.54. The van der Waals surface area contributed by atoms with Crippen molar-refractivity contribution >= 4 is 23.7 Å². The summed E-state index contributed by atoms with van der Waals surface area (Å²) in [4.78, 5) is 27.2. The standard InChI is InChI=1S/C17H19FN4O4S/c1-2-25-17(24)22-8-6-21(7-9-22)14(23)11-26-16-15(19-27-20-16)12-4-3-5-13(18)10-12/h3-5,10H,2,6-9,11H2,1H3. The molecule has 8 nitrogen and oxygen atoms in total. The Labute approximate surface area is 159 Å². The summed E-state index contributed by atoms with van der Waals surface area (Å²) in [6.45, 7) is 3.52. The highest BCUT2D eigenvalue weighted by Crippen LogP contribution is 2.28. The number of hydrogen-bond acceptors (Lipinski definition) is 7. The fourth-order valence-electron chi connectivity index (χ4n) is 2.66. The highest BCUT2D eigenvalue weighted by Gasteiger charge is 2.25. The highest BCUT2D eigenvalue weighted by molar-refractivity contribution is 6.99. The fraction of sp³-hybridized carbons (Fsp3) is 0.412. The number of nitrogens with zero attached hydrogens (tertiary/aromatic N) is 4. The van der Waals surface area contributed by atoms with E-state index in [2.05, 4.69) is 8.75 Å². The molecule has 0 unspecified atom stereocenters. The number of hydrogen-bond donors (Lipinski definition) is 0. The molecule has 0 radical (unpaired) electrons. The third-order valence-corrected chi connectivity index (χ3v) is 4.56. The van der Waals surface area contributed by atoms with Gasteiger partial charge in [-0.1, -0.05) is 12.1 Å². The lowest BCUT2D eigenvalue weighted by Gasteiger charge is -2.33. The molecule has 10 heteroatoms. The summed E-state index contributed by atoms with van der Waals surface area (Å²) in [5.74, 6) is -0.400. The van der Waals surface area contributed by atoms with Gasteiger partial charge in [-0.15, -0.1) is 4.37 Å². The van der Waals surface area contributed by atoms with Crippen LogP contribution in [0.15, 0.2) is 24.3 Å². The van der Waals surface area contributed by atoms with Crippen LogP contribution in [0.5, 0.6) is 5.88 Å². The molecule has 1 fully saturated rings. The molecule has 0 spiro atoms. The van der Waals surface area contributed by atoms with Crippen molar-refractivity contribution in [3.8, 4) is 17.1 Å². The fourth-order valence-corrected chi connectivity index (χ4v) is 3.18. The number of ether oxygens (including phenoxy) is 2. The third-order valence-electron chi connectivity index (χ3n) is 4.05. The van der Waals surface area contributed by atoms with Gasteiger partial charge < -0.3 is 19.3 Å². The topological polar surface area (TPSA) is 84.9 Å². The van der Waals surface area contributed by atoms with Gasteiger partial charge in [0, 0.05) is 31.7 Å². The Kier molecular flexibility index (Phi) is 6.17. The molecule has 1 aromatic carbocycles. The second kappa shape index (κ2) is 8.76. The molecule has 27 heavy (non-hydrogen) atoms. The molecule has 0 bridgehead atoms. The third kappa shape index (κ3) is 4.70. The van der Waals surface area contributed by atoms with E-state index in [4.69, 9.17) is 9.47 Å². The minimum absolute atomic E-state index is 0.198. The van der Waals surface area contributed by atoms with Gasteiger partial charge in [0.15, 0.2) is 6.61 Å². The molecule has 2 aromatic rings. The minimum atomic E-state index is -0.387. The van der Waals surface area contributed by atoms with E-state index in [0.29, 0.717) is 44.0 Å². The lowest BCUT2D eigenvalue weighted by Crippen LogP contribution is -2.51. The van der Waals surface area contributed by atoms with E-state index in [1.807, 2.05) is 0 Å². The quantitative estimate of drug-likeness (QED) is 0.771. The molecule has 2 amide bonds. The maximum Gasteiger partial charge on any atom is 0.409 e. The molecular weight excluding hydrogens is 375 g/mol. The van der Waals surface area contributed by atoms with Crippen LogP contribution in [0.3, 0.4) is 0 Å². The van der Waals surface area contributed by atoms with Crippen molar-refractivity contribution in [1.82, 2.24) is 18.5 Å². The van der Waals surface area contributed by atoms with Crippen LogP contribution in [0.2, 0.25) is 0 Å². The van der Waals surface area contributed by atoms with Gasteiger partial charge in [-0.3, -0.25) is 4.79 Å². The van der Waals surface area contributed by atoms with Crippen LogP contribution < -0.4 is 4.74 Å². The van der Waals surface area contributed by atoms with Crippen molar-refractivity contribution < 1.29 is 23.5 Å². The zero-order valence-electron chi connectivity index (χ0n) is 14.8. The number of aromatic nitrogens is 2. The Morgan fingerprint density at radius 1 is 1.19 bits per heavy atom. The monoisotopic (exact) mass is 394 g/mol. The zero-order valence-corrected chi connectivity index (χ0v) is 15.6. The number of carbonyl (C=O) groups excluding carboxylic acids is 2. The molecule has 0 atom stereocenters. The van der Waals surface area contributed by atoms with Crippen LogP contribution in [0.25, 0.3) is 11.3 Å². The van der Waals surface area contributed by atoms with E-state index < -0.39 is 0 Å². The Bertz CT molecular complexity index is 808. The Morgan fingerprint density at radius 2 is 1.93 bits per heavy atom. The van der Waals surface area contributed by atoms with Crippen LogP contribution in [-0.2, 0) is 9.53 Å². The minimum Gasteiger partial charge on any atom is -0.465 e. The van der Waals surface area contributed by atoms with E-state index in [1.54, 1.807) is 28.9 Å². The van der Waals surface area contributed by atoms with Crippen molar-refractivity contribution in [3.63, 3.8) is 0 Å². The van der Waals surface area contributed by atoms with E-state index in [9.17, 15) is 14.0 Å². The smallest absolute Gasteiger partial charge is 0.409 e. The van der Waals surface area contributed by atoms with Crippen molar-refractivity contribution in [3.05, 3.63) is 30.1 Å². The zero-order chi connectivity index (χ0) is 19.2. The van der Waals surface area contributed by atoms with Gasteiger partial charge in [-0.25, -0.2) is 9.18 Å². The maximum absolute atomic E-state index is 13.4. The molecular formula is C17H19FN4O4S. The summed E-state index contributed by atoms with van der Waals surface area (Å²) < 4.78 is 32.0. The molecule has 1 aliphatic rings. The van der Waals surface area contributed by atoms with Gasteiger partial charge in [0.2, 0.25) is 0 Å². The van der Waals surface area contributed by atoms with E-state index in [-0.39, 0.29) is 30.3 Å². The second-order valence-electron chi connectivity index (χ2n) is 5.78. The van der Waals surface area contributed by atoms with Gasteiger partial charge in [0.1, 0.15) is 11.5 Å². The van der Waals surface area contributed by atoms with Crippen LogP contribution in [0, 0.1) is 5.82 Å². The van der Waals surface area contributed by atoms with Gasteiger partial charge in [-0.05, 0) is 19.1 Å². The van der Waals surface area contributed by atoms with E-state index in [1.165, 1.54) is 12.1 Å². The first-order chi connectivity index (χ1) is 13.1. The van der Waals surface area contributed by atoms with E-state index >= 15 is 0 Å². The summed E-state index contributed by atoms with van der Waals surface area (Å²) in [5.41, 5.74) is 0.939. The van der Waals surface area contributed by atoms with Crippen molar-refractivity contribution in [2.75, 3.05) is 39.4 Å². The summed E-state index contributed by atoms with van der Waals surface area (Å²) in [5, 5.41) is 0. The summed E-state index contributed by atoms with van der Waals surface area (Å²) >= 11 is 0.932. The van der Waals surface area contributed by atoms with Gasteiger partial charge >= 0.3 is 6.09 Å². The number of benzene rings is 1. The van der Waals surface area contributed by atoms with Gasteiger partial charge in [0.05, 0.1) is 18.3 Å². The molecule has 0 aliphatic carbocycles. The average molecular weight is 394 g/mol. The van der Waals surface area contributed by atoms with Crippen LogP contribution in [0.4, 0.5) is 9.18 Å². The summed E-state index contributed by atoms with van der Waals surface area (Å²) in [6, 6.07) is 5.94. The number of amides is 2. The first-order valence-corrected chi connectivity index (χ1v) is 9.22. The molecule has 1 aliphatic heterocycles. The molecule has 3 rings (SSSR count).